The summed E-state index contributed by atoms with van der Waals surface area (Å²) in [4.78, 5) is 4.17. The molecule has 0 atom stereocenters. The Morgan fingerprint density at radius 2 is 2.44 bits per heavy atom. The fourth-order valence-corrected chi connectivity index (χ4v) is 1.64. The largest absolute Gasteiger partial charge is 0.469 e. The van der Waals surface area contributed by atoms with Crippen LogP contribution in [0.3, 0.4) is 0 Å². The van der Waals surface area contributed by atoms with E-state index in [2.05, 4.69) is 21.8 Å². The molecule has 0 radical (unpaired) electrons. The Morgan fingerprint density at radius 3 is 3.19 bits per heavy atom. The normalized spacial score (nSPS) is 10.8. The topological polar surface area (TPSA) is 43.0 Å². The van der Waals surface area contributed by atoms with Gasteiger partial charge in [0.2, 0.25) is 0 Å². The minimum absolute atomic E-state index is 0.870. The van der Waals surface area contributed by atoms with Crippen molar-refractivity contribution in [3.05, 3.63) is 42.4 Å². The van der Waals surface area contributed by atoms with Crippen LogP contribution in [-0.4, -0.2) is 16.1 Å². The van der Waals surface area contributed by atoms with Crippen molar-refractivity contribution < 1.29 is 4.42 Å². The summed E-state index contributed by atoms with van der Waals surface area (Å²) in [5, 5.41) is 3.30. The molecule has 2 aromatic rings. The first-order valence-corrected chi connectivity index (χ1v) is 5.62. The highest BCUT2D eigenvalue weighted by atomic mass is 16.3. The first-order chi connectivity index (χ1) is 7.90. The van der Waals surface area contributed by atoms with Crippen molar-refractivity contribution in [2.75, 3.05) is 6.54 Å². The van der Waals surface area contributed by atoms with Gasteiger partial charge in [-0.2, -0.15) is 0 Å². The van der Waals surface area contributed by atoms with E-state index in [9.17, 15) is 0 Å². The van der Waals surface area contributed by atoms with Crippen LogP contribution in [0.15, 0.2) is 35.3 Å². The number of nitrogens with zero attached hydrogens (tertiary/aromatic N) is 2. The van der Waals surface area contributed by atoms with E-state index in [1.807, 2.05) is 24.7 Å². The van der Waals surface area contributed by atoms with Crippen LogP contribution >= 0.6 is 0 Å². The van der Waals surface area contributed by atoms with Crippen molar-refractivity contribution >= 4 is 0 Å². The Labute approximate surface area is 95.3 Å². The maximum Gasteiger partial charge on any atom is 0.105 e. The first kappa shape index (κ1) is 11.0. The van der Waals surface area contributed by atoms with Crippen LogP contribution in [0.5, 0.6) is 0 Å². The molecule has 0 amide bonds. The Balaban J connectivity index is 1.91. The molecule has 0 aliphatic carbocycles. The van der Waals surface area contributed by atoms with Crippen molar-refractivity contribution in [1.82, 2.24) is 14.9 Å². The van der Waals surface area contributed by atoms with E-state index in [1.165, 1.54) is 5.69 Å². The fourth-order valence-electron chi connectivity index (χ4n) is 1.64. The molecule has 4 nitrogen and oxygen atoms in total. The molecule has 0 bridgehead atoms. The lowest BCUT2D eigenvalue weighted by atomic mass is 10.3. The van der Waals surface area contributed by atoms with E-state index < -0.39 is 0 Å². The van der Waals surface area contributed by atoms with Gasteiger partial charge in [-0.05, 0) is 18.7 Å². The van der Waals surface area contributed by atoms with Gasteiger partial charge in [-0.25, -0.2) is 4.98 Å². The van der Waals surface area contributed by atoms with Crippen LogP contribution in [0.25, 0.3) is 0 Å². The Kier molecular flexibility index (Phi) is 3.77. The molecule has 2 rings (SSSR count). The molecule has 1 N–H and O–H groups in total. The number of hydrogen-bond donors (Lipinski definition) is 1. The molecule has 16 heavy (non-hydrogen) atoms. The second kappa shape index (κ2) is 5.51. The molecule has 86 valence electrons. The summed E-state index contributed by atoms with van der Waals surface area (Å²) >= 11 is 0. The van der Waals surface area contributed by atoms with Gasteiger partial charge in [0, 0.05) is 25.7 Å². The van der Waals surface area contributed by atoms with E-state index in [0.29, 0.717) is 0 Å². The zero-order chi connectivity index (χ0) is 11.2. The molecule has 0 aliphatic rings. The van der Waals surface area contributed by atoms with Crippen molar-refractivity contribution in [2.45, 2.75) is 26.4 Å². The molecule has 0 aliphatic heterocycles. The molecule has 0 aromatic carbocycles. The number of aryl methyl sites for hydroxylation is 2. The molecular formula is C12H17N3O. The molecule has 4 heteroatoms. The molecule has 0 saturated heterocycles. The van der Waals surface area contributed by atoms with E-state index >= 15 is 0 Å². The highest BCUT2D eigenvalue weighted by Crippen LogP contribution is 2.05. The average Bonchev–Trinajstić information content (AvgIpc) is 2.94. The van der Waals surface area contributed by atoms with Gasteiger partial charge in [0.15, 0.2) is 0 Å². The predicted molar refractivity (Wildman–Crippen MR) is 62.0 cm³/mol. The highest BCUT2D eigenvalue weighted by Gasteiger charge is 2.02. The molecular weight excluding hydrogens is 202 g/mol. The van der Waals surface area contributed by atoms with Gasteiger partial charge >= 0.3 is 0 Å². The van der Waals surface area contributed by atoms with Gasteiger partial charge in [-0.15, -0.1) is 0 Å². The quantitative estimate of drug-likeness (QED) is 0.806. The number of rotatable bonds is 6. The third-order valence-corrected chi connectivity index (χ3v) is 2.53. The summed E-state index contributed by atoms with van der Waals surface area (Å²) in [6.45, 7) is 4.86. The van der Waals surface area contributed by atoms with Gasteiger partial charge < -0.3 is 14.3 Å². The summed E-state index contributed by atoms with van der Waals surface area (Å²) < 4.78 is 7.46. The predicted octanol–water partition coefficient (Wildman–Crippen LogP) is 1.83. The SMILES string of the molecule is CCNCc1cncn1CCc1ccco1. The van der Waals surface area contributed by atoms with Gasteiger partial charge in [-0.3, -0.25) is 0 Å². The zero-order valence-electron chi connectivity index (χ0n) is 9.52. The highest BCUT2D eigenvalue weighted by molar-refractivity contribution is 5.01. The van der Waals surface area contributed by atoms with Crippen molar-refractivity contribution in [1.29, 1.82) is 0 Å². The van der Waals surface area contributed by atoms with Crippen molar-refractivity contribution in [2.24, 2.45) is 0 Å². The summed E-state index contributed by atoms with van der Waals surface area (Å²) in [7, 11) is 0. The van der Waals surface area contributed by atoms with Crippen LogP contribution in [0.2, 0.25) is 0 Å². The average molecular weight is 219 g/mol. The third kappa shape index (κ3) is 2.73. The second-order valence-electron chi connectivity index (χ2n) is 3.69. The molecule has 0 fully saturated rings. The number of aromatic nitrogens is 2. The van der Waals surface area contributed by atoms with Crippen LogP contribution in [-0.2, 0) is 19.5 Å². The van der Waals surface area contributed by atoms with E-state index in [1.54, 1.807) is 6.26 Å². The summed E-state index contributed by atoms with van der Waals surface area (Å²) in [6, 6.07) is 3.92. The third-order valence-electron chi connectivity index (χ3n) is 2.53. The van der Waals surface area contributed by atoms with Crippen molar-refractivity contribution in [3.63, 3.8) is 0 Å². The lowest BCUT2D eigenvalue weighted by Crippen LogP contribution is -2.15. The summed E-state index contributed by atoms with van der Waals surface area (Å²) in [6.07, 6.45) is 6.39. The number of hydrogen-bond acceptors (Lipinski definition) is 3. The smallest absolute Gasteiger partial charge is 0.105 e. The first-order valence-electron chi connectivity index (χ1n) is 5.62. The van der Waals surface area contributed by atoms with Gasteiger partial charge in [-0.1, -0.05) is 6.92 Å². The van der Waals surface area contributed by atoms with Gasteiger partial charge in [0.1, 0.15) is 5.76 Å². The zero-order valence-corrected chi connectivity index (χ0v) is 9.52. The second-order valence-corrected chi connectivity index (χ2v) is 3.69. The van der Waals surface area contributed by atoms with Crippen molar-refractivity contribution in [3.8, 4) is 0 Å². The Bertz CT molecular complexity index is 406. The standard InChI is InChI=1S/C12H17N3O/c1-2-13-8-11-9-14-10-15(11)6-5-12-4-3-7-16-12/h3-4,7,9-10,13H,2,5-6,8H2,1H3. The van der Waals surface area contributed by atoms with Crippen LogP contribution in [0.1, 0.15) is 18.4 Å². The minimum Gasteiger partial charge on any atom is -0.469 e. The maximum atomic E-state index is 5.30. The lowest BCUT2D eigenvalue weighted by molar-refractivity contribution is 0.486. The van der Waals surface area contributed by atoms with Crippen LogP contribution in [0, 0.1) is 0 Å². The number of imidazole rings is 1. The van der Waals surface area contributed by atoms with E-state index in [-0.39, 0.29) is 0 Å². The number of nitrogens with one attached hydrogen (secondary N) is 1. The Morgan fingerprint density at radius 1 is 1.50 bits per heavy atom. The minimum atomic E-state index is 0.870. The van der Waals surface area contributed by atoms with Gasteiger partial charge in [0.25, 0.3) is 0 Å². The fraction of sp³-hybridized carbons (Fsp3) is 0.417. The molecule has 2 heterocycles. The molecule has 0 unspecified atom stereocenters. The van der Waals surface area contributed by atoms with E-state index in [4.69, 9.17) is 4.42 Å². The van der Waals surface area contributed by atoms with Gasteiger partial charge in [0.05, 0.1) is 18.3 Å². The monoisotopic (exact) mass is 219 g/mol. The molecule has 2 aromatic heterocycles. The number of furan rings is 1. The maximum absolute atomic E-state index is 5.30. The Hall–Kier alpha value is -1.55. The molecule has 0 saturated carbocycles. The van der Waals surface area contributed by atoms with Crippen LogP contribution < -0.4 is 5.32 Å². The summed E-state index contributed by atoms with van der Waals surface area (Å²) in [5.41, 5.74) is 1.22. The lowest BCUT2D eigenvalue weighted by Gasteiger charge is -2.07. The molecule has 0 spiro atoms. The van der Waals surface area contributed by atoms with E-state index in [0.717, 1.165) is 31.8 Å². The summed E-state index contributed by atoms with van der Waals surface area (Å²) in [5.74, 6) is 1.02. The van der Waals surface area contributed by atoms with Crippen LogP contribution in [0.4, 0.5) is 0 Å².